The summed E-state index contributed by atoms with van der Waals surface area (Å²) in [5, 5.41) is 7.34. The molecule has 4 aromatic rings. The van der Waals surface area contributed by atoms with E-state index in [0.717, 1.165) is 27.8 Å². The van der Waals surface area contributed by atoms with Gasteiger partial charge in [-0.25, -0.2) is 4.98 Å². The number of carbonyl (C=O) groups excluding carboxylic acids is 1. The summed E-state index contributed by atoms with van der Waals surface area (Å²) in [5.41, 5.74) is 2.31. The quantitative estimate of drug-likeness (QED) is 0.542. The highest BCUT2D eigenvalue weighted by Gasteiger charge is 2.14. The number of rotatable bonds is 4. The van der Waals surface area contributed by atoms with Crippen LogP contribution < -0.4 is 10.1 Å². The molecule has 3 aromatic carbocycles. The van der Waals surface area contributed by atoms with Gasteiger partial charge in [0.05, 0.1) is 12.8 Å². The van der Waals surface area contributed by atoms with Gasteiger partial charge in [0.2, 0.25) is 0 Å². The van der Waals surface area contributed by atoms with E-state index in [0.29, 0.717) is 10.7 Å². The fraction of sp³-hybridized carbons (Fsp3) is 0.0476. The van der Waals surface area contributed by atoms with Crippen molar-refractivity contribution in [3.05, 3.63) is 77.7 Å². The summed E-state index contributed by atoms with van der Waals surface area (Å²) in [6.07, 6.45) is 0. The van der Waals surface area contributed by atoms with Crippen molar-refractivity contribution < 1.29 is 9.53 Å². The van der Waals surface area contributed by atoms with Gasteiger partial charge >= 0.3 is 0 Å². The standard InChI is InChI=1S/C21H16N2O2S/c1-25-19-12-5-4-10-17(19)18-13-26-21(22-18)23-20(24)16-11-6-8-14-7-2-3-9-15(14)16/h2-13H,1H3,(H,22,23,24). The first kappa shape index (κ1) is 16.3. The summed E-state index contributed by atoms with van der Waals surface area (Å²) in [4.78, 5) is 17.3. The molecule has 0 aliphatic rings. The number of anilines is 1. The molecule has 4 nitrogen and oxygen atoms in total. The molecule has 1 amide bonds. The van der Waals surface area contributed by atoms with Gasteiger partial charge in [0.1, 0.15) is 5.75 Å². The highest BCUT2D eigenvalue weighted by atomic mass is 32.1. The number of benzene rings is 3. The van der Waals surface area contributed by atoms with Crippen LogP contribution >= 0.6 is 11.3 Å². The van der Waals surface area contributed by atoms with Gasteiger partial charge in [-0.1, -0.05) is 48.5 Å². The Hall–Kier alpha value is -3.18. The molecule has 0 saturated heterocycles. The third-order valence-electron chi connectivity index (χ3n) is 4.14. The summed E-state index contributed by atoms with van der Waals surface area (Å²) in [6.45, 7) is 0. The van der Waals surface area contributed by atoms with E-state index >= 15 is 0 Å². The lowest BCUT2D eigenvalue weighted by molar-refractivity contribution is 0.102. The number of nitrogens with one attached hydrogen (secondary N) is 1. The summed E-state index contributed by atoms with van der Waals surface area (Å²) in [5.74, 6) is 0.590. The van der Waals surface area contributed by atoms with Crippen LogP contribution in [0.2, 0.25) is 0 Å². The molecule has 0 atom stereocenters. The Morgan fingerprint density at radius 3 is 2.65 bits per heavy atom. The van der Waals surface area contributed by atoms with E-state index in [4.69, 9.17) is 4.74 Å². The number of methoxy groups -OCH3 is 1. The van der Waals surface area contributed by atoms with E-state index in [-0.39, 0.29) is 5.91 Å². The minimum Gasteiger partial charge on any atom is -0.496 e. The van der Waals surface area contributed by atoms with Gasteiger partial charge in [0.25, 0.3) is 5.91 Å². The van der Waals surface area contributed by atoms with Crippen molar-refractivity contribution in [1.29, 1.82) is 0 Å². The highest BCUT2D eigenvalue weighted by Crippen LogP contribution is 2.32. The molecule has 0 bridgehead atoms. The van der Waals surface area contributed by atoms with E-state index in [1.807, 2.05) is 72.1 Å². The average molecular weight is 360 g/mol. The van der Waals surface area contributed by atoms with Gasteiger partial charge in [-0.15, -0.1) is 11.3 Å². The average Bonchev–Trinajstić information content (AvgIpc) is 3.15. The van der Waals surface area contributed by atoms with Gasteiger partial charge in [0.15, 0.2) is 5.13 Å². The molecule has 0 radical (unpaired) electrons. The predicted molar refractivity (Wildman–Crippen MR) is 106 cm³/mol. The van der Waals surface area contributed by atoms with Crippen molar-refractivity contribution in [2.24, 2.45) is 0 Å². The Labute approximate surface area is 155 Å². The van der Waals surface area contributed by atoms with Crippen molar-refractivity contribution in [2.75, 3.05) is 12.4 Å². The van der Waals surface area contributed by atoms with Crippen LogP contribution in [0.3, 0.4) is 0 Å². The number of ether oxygens (including phenoxy) is 1. The number of aromatic nitrogens is 1. The van der Waals surface area contributed by atoms with Crippen LogP contribution in [-0.4, -0.2) is 18.0 Å². The molecule has 0 unspecified atom stereocenters. The second-order valence-electron chi connectivity index (χ2n) is 5.72. The maximum Gasteiger partial charge on any atom is 0.258 e. The third kappa shape index (κ3) is 3.05. The SMILES string of the molecule is COc1ccccc1-c1csc(NC(=O)c2cccc3ccccc23)n1. The summed E-state index contributed by atoms with van der Waals surface area (Å²) in [7, 11) is 1.63. The molecule has 1 aromatic heterocycles. The van der Waals surface area contributed by atoms with Crippen molar-refractivity contribution >= 4 is 33.1 Å². The zero-order chi connectivity index (χ0) is 17.9. The minimum atomic E-state index is -0.164. The minimum absolute atomic E-state index is 0.164. The number of fused-ring (bicyclic) bond motifs is 1. The van der Waals surface area contributed by atoms with Crippen LogP contribution in [-0.2, 0) is 0 Å². The van der Waals surface area contributed by atoms with Crippen LogP contribution in [0.5, 0.6) is 5.75 Å². The molecule has 0 aliphatic heterocycles. The largest absolute Gasteiger partial charge is 0.496 e. The van der Waals surface area contributed by atoms with E-state index < -0.39 is 0 Å². The number of hydrogen-bond acceptors (Lipinski definition) is 4. The summed E-state index contributed by atoms with van der Waals surface area (Å²) >= 11 is 1.39. The van der Waals surface area contributed by atoms with Crippen LogP contribution in [0.15, 0.2) is 72.1 Å². The lowest BCUT2D eigenvalue weighted by atomic mass is 10.0. The third-order valence-corrected chi connectivity index (χ3v) is 4.90. The molecule has 1 heterocycles. The Balaban J connectivity index is 1.62. The van der Waals surface area contributed by atoms with Crippen molar-refractivity contribution in [1.82, 2.24) is 4.98 Å². The monoisotopic (exact) mass is 360 g/mol. The van der Waals surface area contributed by atoms with Crippen LogP contribution in [0.1, 0.15) is 10.4 Å². The van der Waals surface area contributed by atoms with Gasteiger partial charge in [-0.3, -0.25) is 10.1 Å². The first-order valence-electron chi connectivity index (χ1n) is 8.14. The van der Waals surface area contributed by atoms with Crippen molar-refractivity contribution in [3.8, 4) is 17.0 Å². The number of carbonyl (C=O) groups is 1. The lowest BCUT2D eigenvalue weighted by Gasteiger charge is -2.06. The molecular weight excluding hydrogens is 344 g/mol. The van der Waals surface area contributed by atoms with Crippen LogP contribution in [0, 0.1) is 0 Å². The molecule has 1 N–H and O–H groups in total. The molecular formula is C21H16N2O2S. The second-order valence-corrected chi connectivity index (χ2v) is 6.58. The number of thiazole rings is 1. The first-order chi connectivity index (χ1) is 12.8. The number of amides is 1. The molecule has 26 heavy (non-hydrogen) atoms. The van der Waals surface area contributed by atoms with Gasteiger partial charge in [-0.05, 0) is 29.0 Å². The smallest absolute Gasteiger partial charge is 0.258 e. The van der Waals surface area contributed by atoms with Crippen LogP contribution in [0.25, 0.3) is 22.0 Å². The number of para-hydroxylation sites is 1. The lowest BCUT2D eigenvalue weighted by Crippen LogP contribution is -2.12. The molecule has 0 fully saturated rings. The second kappa shape index (κ2) is 6.98. The fourth-order valence-corrected chi connectivity index (χ4v) is 3.60. The van der Waals surface area contributed by atoms with Crippen molar-refractivity contribution in [3.63, 3.8) is 0 Å². The van der Waals surface area contributed by atoms with E-state index in [1.165, 1.54) is 11.3 Å². The van der Waals surface area contributed by atoms with Gasteiger partial charge in [-0.2, -0.15) is 0 Å². The number of hydrogen-bond donors (Lipinski definition) is 1. The number of nitrogens with zero attached hydrogens (tertiary/aromatic N) is 1. The Morgan fingerprint density at radius 2 is 1.77 bits per heavy atom. The van der Waals surface area contributed by atoms with E-state index in [9.17, 15) is 4.79 Å². The normalized spacial score (nSPS) is 10.7. The van der Waals surface area contributed by atoms with Crippen molar-refractivity contribution in [2.45, 2.75) is 0 Å². The van der Waals surface area contributed by atoms with Gasteiger partial charge < -0.3 is 4.74 Å². The first-order valence-corrected chi connectivity index (χ1v) is 9.02. The maximum absolute atomic E-state index is 12.7. The Kier molecular flexibility index (Phi) is 4.37. The zero-order valence-corrected chi connectivity index (χ0v) is 14.9. The maximum atomic E-state index is 12.7. The molecule has 5 heteroatoms. The predicted octanol–water partition coefficient (Wildman–Crippen LogP) is 5.22. The Bertz CT molecular complexity index is 1080. The van der Waals surface area contributed by atoms with E-state index in [1.54, 1.807) is 7.11 Å². The van der Waals surface area contributed by atoms with E-state index in [2.05, 4.69) is 10.3 Å². The molecule has 0 spiro atoms. The van der Waals surface area contributed by atoms with Crippen LogP contribution in [0.4, 0.5) is 5.13 Å². The van der Waals surface area contributed by atoms with Gasteiger partial charge in [0, 0.05) is 16.5 Å². The Morgan fingerprint density at radius 1 is 1.00 bits per heavy atom. The summed E-state index contributed by atoms with van der Waals surface area (Å²) < 4.78 is 5.38. The molecule has 0 aliphatic carbocycles. The summed E-state index contributed by atoms with van der Waals surface area (Å²) in [6, 6.07) is 21.2. The molecule has 4 rings (SSSR count). The fourth-order valence-electron chi connectivity index (χ4n) is 2.90. The topological polar surface area (TPSA) is 51.2 Å². The molecule has 128 valence electrons. The zero-order valence-electron chi connectivity index (χ0n) is 14.1. The highest BCUT2D eigenvalue weighted by molar-refractivity contribution is 7.14. The molecule has 0 saturated carbocycles.